The average molecular weight is 423 g/mol. The molecule has 1 fully saturated rings. The largest absolute Gasteiger partial charge is 0.486 e. The molecular formula is C23H22FN3O4. The molecule has 8 heteroatoms. The van der Waals surface area contributed by atoms with Crippen LogP contribution in [0.2, 0.25) is 0 Å². The van der Waals surface area contributed by atoms with E-state index in [1.807, 2.05) is 6.20 Å². The summed E-state index contributed by atoms with van der Waals surface area (Å²) < 4.78 is 24.6. The van der Waals surface area contributed by atoms with E-state index in [2.05, 4.69) is 10.3 Å². The van der Waals surface area contributed by atoms with Gasteiger partial charge in [-0.25, -0.2) is 4.39 Å². The summed E-state index contributed by atoms with van der Waals surface area (Å²) in [4.78, 5) is 30.0. The zero-order chi connectivity index (χ0) is 21.4. The minimum Gasteiger partial charge on any atom is -0.486 e. The highest BCUT2D eigenvalue weighted by Gasteiger charge is 2.34. The predicted octanol–water partition coefficient (Wildman–Crippen LogP) is 3.11. The quantitative estimate of drug-likeness (QED) is 0.661. The van der Waals surface area contributed by atoms with E-state index in [1.54, 1.807) is 29.2 Å². The van der Waals surface area contributed by atoms with Gasteiger partial charge in [-0.05, 0) is 42.3 Å². The Morgan fingerprint density at radius 2 is 2.00 bits per heavy atom. The molecule has 31 heavy (non-hydrogen) atoms. The third kappa shape index (κ3) is 3.93. The lowest BCUT2D eigenvalue weighted by atomic mass is 10.1. The number of hydrogen-bond acceptors (Lipinski definition) is 4. The van der Waals surface area contributed by atoms with Crippen LogP contribution >= 0.6 is 0 Å². The lowest BCUT2D eigenvalue weighted by molar-refractivity contribution is -0.128. The van der Waals surface area contributed by atoms with E-state index in [4.69, 9.17) is 9.47 Å². The highest BCUT2D eigenvalue weighted by molar-refractivity contribution is 5.97. The molecule has 5 rings (SSSR count). The second kappa shape index (κ2) is 7.94. The lowest BCUT2D eigenvalue weighted by Gasteiger charge is -2.19. The molecule has 1 atom stereocenters. The van der Waals surface area contributed by atoms with Crippen LogP contribution in [0.4, 0.5) is 10.1 Å². The van der Waals surface area contributed by atoms with Gasteiger partial charge >= 0.3 is 0 Å². The van der Waals surface area contributed by atoms with E-state index in [1.165, 1.54) is 12.1 Å². The molecule has 1 saturated heterocycles. The second-order valence-electron chi connectivity index (χ2n) is 7.84. The van der Waals surface area contributed by atoms with Crippen LogP contribution in [0.5, 0.6) is 11.5 Å². The molecule has 0 unspecified atom stereocenters. The van der Waals surface area contributed by atoms with Gasteiger partial charge in [-0.2, -0.15) is 0 Å². The summed E-state index contributed by atoms with van der Waals surface area (Å²) in [5.74, 6) is 0.310. The fraction of sp³-hybridized carbons (Fsp3) is 0.304. The van der Waals surface area contributed by atoms with Gasteiger partial charge in [0, 0.05) is 48.4 Å². The molecule has 0 bridgehead atoms. The third-order valence-corrected chi connectivity index (χ3v) is 5.78. The van der Waals surface area contributed by atoms with Crippen molar-refractivity contribution in [1.82, 2.24) is 9.88 Å². The van der Waals surface area contributed by atoms with E-state index in [9.17, 15) is 14.0 Å². The van der Waals surface area contributed by atoms with Crippen LogP contribution in [-0.2, 0) is 16.0 Å². The van der Waals surface area contributed by atoms with Crippen LogP contribution in [0, 0.1) is 11.7 Å². The van der Waals surface area contributed by atoms with Gasteiger partial charge in [0.2, 0.25) is 11.8 Å². The highest BCUT2D eigenvalue weighted by atomic mass is 19.1. The van der Waals surface area contributed by atoms with Crippen molar-refractivity contribution in [3.05, 3.63) is 54.0 Å². The first-order valence-corrected chi connectivity index (χ1v) is 10.3. The maximum Gasteiger partial charge on any atom is 0.229 e. The minimum atomic E-state index is -0.416. The number of aromatic amines is 1. The Labute approximate surface area is 178 Å². The van der Waals surface area contributed by atoms with Gasteiger partial charge in [-0.15, -0.1) is 0 Å². The number of ether oxygens (including phenoxy) is 2. The molecule has 2 N–H and O–H groups in total. The number of carbonyl (C=O) groups excluding carboxylic acids is 2. The van der Waals surface area contributed by atoms with E-state index in [0.29, 0.717) is 49.9 Å². The SMILES string of the molecule is O=C(Nc1ccc2c(c1)OCCO2)[C@H]1CC(=O)N(CCc2c[nH]c3ccc(F)cc23)C1. The molecule has 3 aromatic rings. The molecule has 0 radical (unpaired) electrons. The van der Waals surface area contributed by atoms with Crippen molar-refractivity contribution >= 4 is 28.4 Å². The number of anilines is 1. The zero-order valence-corrected chi connectivity index (χ0v) is 16.8. The summed E-state index contributed by atoms with van der Waals surface area (Å²) in [5, 5.41) is 3.69. The van der Waals surface area contributed by atoms with Crippen LogP contribution < -0.4 is 14.8 Å². The summed E-state index contributed by atoms with van der Waals surface area (Å²) in [7, 11) is 0. The molecule has 2 amide bonds. The summed E-state index contributed by atoms with van der Waals surface area (Å²) in [5.41, 5.74) is 2.42. The molecule has 7 nitrogen and oxygen atoms in total. The Morgan fingerprint density at radius 3 is 2.87 bits per heavy atom. The van der Waals surface area contributed by atoms with Crippen molar-refractivity contribution < 1.29 is 23.5 Å². The van der Waals surface area contributed by atoms with Crippen LogP contribution in [0.15, 0.2) is 42.6 Å². The minimum absolute atomic E-state index is 0.0478. The Morgan fingerprint density at radius 1 is 1.16 bits per heavy atom. The van der Waals surface area contributed by atoms with E-state index in [-0.39, 0.29) is 24.1 Å². The standard InChI is InChI=1S/C23H22FN3O4/c24-16-1-3-19-18(10-16)14(12-25-19)5-6-27-13-15(9-22(27)28)23(29)26-17-2-4-20-21(11-17)31-8-7-30-20/h1-4,10-12,15,25H,5-9,13H2,(H,26,29)/t15-/m0/s1. The number of amides is 2. The van der Waals surface area contributed by atoms with Crippen molar-refractivity contribution in [1.29, 1.82) is 0 Å². The van der Waals surface area contributed by atoms with E-state index < -0.39 is 5.92 Å². The van der Waals surface area contributed by atoms with Gasteiger partial charge < -0.3 is 24.7 Å². The molecule has 0 spiro atoms. The number of nitrogens with zero attached hydrogens (tertiary/aromatic N) is 1. The lowest BCUT2D eigenvalue weighted by Crippen LogP contribution is -2.30. The molecule has 0 saturated carbocycles. The molecule has 2 aliphatic heterocycles. The zero-order valence-electron chi connectivity index (χ0n) is 16.8. The summed E-state index contributed by atoms with van der Waals surface area (Å²) in [6.07, 6.45) is 2.61. The smallest absolute Gasteiger partial charge is 0.229 e. The summed E-state index contributed by atoms with van der Waals surface area (Å²) >= 11 is 0. The Hall–Kier alpha value is -3.55. The first-order chi connectivity index (χ1) is 15.1. The van der Waals surface area contributed by atoms with Crippen molar-refractivity contribution in [2.75, 3.05) is 31.6 Å². The van der Waals surface area contributed by atoms with Crippen molar-refractivity contribution in [3.8, 4) is 11.5 Å². The number of benzene rings is 2. The van der Waals surface area contributed by atoms with Gasteiger partial charge in [0.05, 0.1) is 5.92 Å². The predicted molar refractivity (Wildman–Crippen MR) is 113 cm³/mol. The number of likely N-dealkylation sites (tertiary alicyclic amines) is 1. The molecule has 1 aromatic heterocycles. The van der Waals surface area contributed by atoms with Crippen molar-refractivity contribution in [3.63, 3.8) is 0 Å². The number of halogens is 1. The molecule has 0 aliphatic carbocycles. The Balaban J connectivity index is 1.20. The van der Waals surface area contributed by atoms with Gasteiger partial charge in [-0.3, -0.25) is 9.59 Å². The van der Waals surface area contributed by atoms with Crippen LogP contribution in [0.25, 0.3) is 10.9 Å². The second-order valence-corrected chi connectivity index (χ2v) is 7.84. The Kier molecular flexibility index (Phi) is 4.97. The van der Waals surface area contributed by atoms with Gasteiger partial charge in [0.1, 0.15) is 19.0 Å². The number of nitrogens with one attached hydrogen (secondary N) is 2. The fourth-order valence-corrected chi connectivity index (χ4v) is 4.14. The first-order valence-electron chi connectivity index (χ1n) is 10.3. The van der Waals surface area contributed by atoms with Crippen molar-refractivity contribution in [2.45, 2.75) is 12.8 Å². The molecule has 160 valence electrons. The van der Waals surface area contributed by atoms with Gasteiger partial charge in [0.15, 0.2) is 11.5 Å². The van der Waals surface area contributed by atoms with Gasteiger partial charge in [-0.1, -0.05) is 0 Å². The van der Waals surface area contributed by atoms with E-state index in [0.717, 1.165) is 16.5 Å². The summed E-state index contributed by atoms with van der Waals surface area (Å²) in [6.45, 7) is 1.83. The summed E-state index contributed by atoms with van der Waals surface area (Å²) in [6, 6.07) is 9.87. The number of fused-ring (bicyclic) bond motifs is 2. The fourth-order valence-electron chi connectivity index (χ4n) is 4.14. The third-order valence-electron chi connectivity index (χ3n) is 5.78. The highest BCUT2D eigenvalue weighted by Crippen LogP contribution is 2.33. The molecule has 2 aliphatic rings. The monoisotopic (exact) mass is 423 g/mol. The average Bonchev–Trinajstić information content (AvgIpc) is 3.35. The van der Waals surface area contributed by atoms with Crippen LogP contribution in [-0.4, -0.2) is 48.0 Å². The number of hydrogen-bond donors (Lipinski definition) is 2. The number of H-pyrrole nitrogens is 1. The first kappa shape index (κ1) is 19.4. The number of aromatic nitrogens is 1. The Bertz CT molecular complexity index is 1160. The van der Waals surface area contributed by atoms with Crippen LogP contribution in [0.1, 0.15) is 12.0 Å². The number of carbonyl (C=O) groups is 2. The van der Waals surface area contributed by atoms with Gasteiger partial charge in [0.25, 0.3) is 0 Å². The number of rotatable bonds is 5. The molecule has 2 aromatic carbocycles. The maximum atomic E-state index is 13.6. The van der Waals surface area contributed by atoms with E-state index >= 15 is 0 Å². The maximum absolute atomic E-state index is 13.6. The molecular weight excluding hydrogens is 401 g/mol. The van der Waals surface area contributed by atoms with Crippen molar-refractivity contribution in [2.24, 2.45) is 5.92 Å². The normalized spacial score (nSPS) is 17.9. The molecule has 3 heterocycles. The van der Waals surface area contributed by atoms with Crippen LogP contribution in [0.3, 0.4) is 0 Å². The topological polar surface area (TPSA) is 83.7 Å².